The molecule has 3 N–H and O–H groups in total. The molecule has 2 rings (SSSR count). The number of hydrogen-bond donors (Lipinski definition) is 2. The van der Waals surface area contributed by atoms with Gasteiger partial charge in [-0.25, -0.2) is 13.1 Å². The highest BCUT2D eigenvalue weighted by atomic mass is 32.2. The Morgan fingerprint density at radius 2 is 2.05 bits per heavy atom. The van der Waals surface area contributed by atoms with Gasteiger partial charge in [0.25, 0.3) is 0 Å². The highest BCUT2D eigenvalue weighted by Gasteiger charge is 2.20. The summed E-state index contributed by atoms with van der Waals surface area (Å²) in [4.78, 5) is 0.191. The Hall–Kier alpha value is -1.27. The number of nitrogen functional groups attached to an aromatic ring is 1. The van der Waals surface area contributed by atoms with Gasteiger partial charge >= 0.3 is 0 Å². The number of anilines is 1. The molecule has 0 heterocycles. The molecule has 0 spiro atoms. The summed E-state index contributed by atoms with van der Waals surface area (Å²) in [6.45, 7) is 0.509. The van der Waals surface area contributed by atoms with E-state index in [9.17, 15) is 8.42 Å². The molecule has 0 saturated heterocycles. The van der Waals surface area contributed by atoms with Crippen molar-refractivity contribution in [3.8, 4) is 5.75 Å². The van der Waals surface area contributed by atoms with Crippen LogP contribution in [0.4, 0.5) is 5.69 Å². The predicted molar refractivity (Wildman–Crippen MR) is 74.6 cm³/mol. The molecule has 6 heteroatoms. The first-order chi connectivity index (χ1) is 9.03. The molecule has 0 aliphatic heterocycles. The molecule has 1 aromatic carbocycles. The van der Waals surface area contributed by atoms with Crippen LogP contribution in [-0.2, 0) is 10.0 Å². The highest BCUT2D eigenvalue weighted by molar-refractivity contribution is 7.89. The average molecular weight is 284 g/mol. The molecule has 0 bridgehead atoms. The maximum Gasteiger partial charge on any atom is 0.240 e. The summed E-state index contributed by atoms with van der Waals surface area (Å²) in [6, 6.07) is 4.49. The van der Waals surface area contributed by atoms with Crippen molar-refractivity contribution < 1.29 is 13.2 Å². The van der Waals surface area contributed by atoms with E-state index in [4.69, 9.17) is 10.5 Å². The lowest BCUT2D eigenvalue weighted by Crippen LogP contribution is -2.28. The van der Waals surface area contributed by atoms with Crippen LogP contribution in [0.5, 0.6) is 5.75 Å². The first-order valence-electron chi connectivity index (χ1n) is 6.46. The summed E-state index contributed by atoms with van der Waals surface area (Å²) in [5.41, 5.74) is 6.10. The number of nitrogens with one attached hydrogen (secondary N) is 1. The summed E-state index contributed by atoms with van der Waals surface area (Å²) in [7, 11) is -2.02. The van der Waals surface area contributed by atoms with E-state index in [1.165, 1.54) is 32.1 Å². The summed E-state index contributed by atoms with van der Waals surface area (Å²) in [5.74, 6) is 0.842. The second-order valence-corrected chi connectivity index (χ2v) is 6.67. The van der Waals surface area contributed by atoms with E-state index in [2.05, 4.69) is 4.72 Å². The number of ether oxygens (including phenoxy) is 1. The minimum atomic E-state index is -3.48. The van der Waals surface area contributed by atoms with Gasteiger partial charge in [0.2, 0.25) is 10.0 Å². The first-order valence-corrected chi connectivity index (χ1v) is 7.94. The Kier molecular flexibility index (Phi) is 4.31. The Morgan fingerprint density at radius 3 is 2.68 bits per heavy atom. The smallest absolute Gasteiger partial charge is 0.240 e. The van der Waals surface area contributed by atoms with Crippen molar-refractivity contribution in [2.75, 3.05) is 19.4 Å². The predicted octanol–water partition coefficient (Wildman–Crippen LogP) is 1.75. The molecule has 0 radical (unpaired) electrons. The quantitative estimate of drug-likeness (QED) is 0.807. The van der Waals surface area contributed by atoms with Crippen molar-refractivity contribution in [2.24, 2.45) is 5.92 Å². The van der Waals surface area contributed by atoms with Gasteiger partial charge in [0.15, 0.2) is 0 Å². The summed E-state index contributed by atoms with van der Waals surface area (Å²) in [6.07, 6.45) is 4.60. The van der Waals surface area contributed by atoms with E-state index in [-0.39, 0.29) is 4.90 Å². The third kappa shape index (κ3) is 3.39. The van der Waals surface area contributed by atoms with E-state index < -0.39 is 10.0 Å². The number of methoxy groups -OCH3 is 1. The maximum atomic E-state index is 12.2. The van der Waals surface area contributed by atoms with Gasteiger partial charge in [-0.05, 0) is 30.9 Å². The van der Waals surface area contributed by atoms with Crippen LogP contribution in [0.3, 0.4) is 0 Å². The average Bonchev–Trinajstić information content (AvgIpc) is 2.90. The molecule has 1 aromatic rings. The monoisotopic (exact) mass is 284 g/mol. The molecular weight excluding hydrogens is 264 g/mol. The zero-order valence-electron chi connectivity index (χ0n) is 11.1. The van der Waals surface area contributed by atoms with Crippen molar-refractivity contribution >= 4 is 15.7 Å². The molecule has 0 atom stereocenters. The van der Waals surface area contributed by atoms with Crippen LogP contribution >= 0.6 is 0 Å². The van der Waals surface area contributed by atoms with Gasteiger partial charge < -0.3 is 10.5 Å². The van der Waals surface area contributed by atoms with E-state index in [1.54, 1.807) is 6.07 Å². The lowest BCUT2D eigenvalue weighted by atomic mass is 10.1. The van der Waals surface area contributed by atoms with Crippen LogP contribution in [0.25, 0.3) is 0 Å². The summed E-state index contributed by atoms with van der Waals surface area (Å²) >= 11 is 0. The van der Waals surface area contributed by atoms with Gasteiger partial charge in [-0.3, -0.25) is 0 Å². The maximum absolute atomic E-state index is 12.2. The number of nitrogens with two attached hydrogens (primary N) is 1. The molecule has 0 aromatic heterocycles. The SMILES string of the molecule is COc1cc(S(=O)(=O)NCC2CCCC2)ccc1N. The number of rotatable bonds is 5. The largest absolute Gasteiger partial charge is 0.495 e. The highest BCUT2D eigenvalue weighted by Crippen LogP contribution is 2.26. The van der Waals surface area contributed by atoms with Crippen LogP contribution in [0, 0.1) is 5.92 Å². The van der Waals surface area contributed by atoms with Crippen LogP contribution in [0.2, 0.25) is 0 Å². The van der Waals surface area contributed by atoms with Crippen LogP contribution in [0.15, 0.2) is 23.1 Å². The fraction of sp³-hybridized carbons (Fsp3) is 0.538. The van der Waals surface area contributed by atoms with Gasteiger partial charge in [-0.1, -0.05) is 12.8 Å². The molecule has 1 fully saturated rings. The molecule has 0 unspecified atom stereocenters. The second-order valence-electron chi connectivity index (χ2n) is 4.91. The molecule has 1 saturated carbocycles. The van der Waals surface area contributed by atoms with Crippen molar-refractivity contribution in [2.45, 2.75) is 30.6 Å². The topological polar surface area (TPSA) is 81.4 Å². The number of benzene rings is 1. The van der Waals surface area contributed by atoms with Crippen molar-refractivity contribution in [1.82, 2.24) is 4.72 Å². The third-order valence-electron chi connectivity index (χ3n) is 3.55. The zero-order valence-corrected chi connectivity index (χ0v) is 11.9. The van der Waals surface area contributed by atoms with Crippen LogP contribution < -0.4 is 15.2 Å². The number of sulfonamides is 1. The molecule has 1 aliphatic carbocycles. The van der Waals surface area contributed by atoms with E-state index in [0.717, 1.165) is 12.8 Å². The second kappa shape index (κ2) is 5.79. The zero-order chi connectivity index (χ0) is 13.9. The fourth-order valence-electron chi connectivity index (χ4n) is 2.38. The third-order valence-corrected chi connectivity index (χ3v) is 4.97. The number of hydrogen-bond acceptors (Lipinski definition) is 4. The van der Waals surface area contributed by atoms with Gasteiger partial charge in [0.1, 0.15) is 5.75 Å². The van der Waals surface area contributed by atoms with Crippen LogP contribution in [-0.4, -0.2) is 22.1 Å². The summed E-state index contributed by atoms with van der Waals surface area (Å²) < 4.78 is 32.0. The minimum absolute atomic E-state index is 0.191. The van der Waals surface area contributed by atoms with E-state index in [1.807, 2.05) is 0 Å². The Balaban J connectivity index is 2.10. The Morgan fingerprint density at radius 1 is 1.37 bits per heavy atom. The molecule has 1 aliphatic rings. The van der Waals surface area contributed by atoms with Gasteiger partial charge in [0, 0.05) is 12.6 Å². The summed E-state index contributed by atoms with van der Waals surface area (Å²) in [5, 5.41) is 0. The van der Waals surface area contributed by atoms with E-state index >= 15 is 0 Å². The van der Waals surface area contributed by atoms with Gasteiger partial charge in [0.05, 0.1) is 17.7 Å². The first kappa shape index (κ1) is 14.1. The lowest BCUT2D eigenvalue weighted by molar-refractivity contribution is 0.415. The fourth-order valence-corrected chi connectivity index (χ4v) is 3.52. The van der Waals surface area contributed by atoms with Crippen molar-refractivity contribution in [1.29, 1.82) is 0 Å². The normalized spacial score (nSPS) is 16.7. The lowest BCUT2D eigenvalue weighted by Gasteiger charge is -2.12. The molecule has 5 nitrogen and oxygen atoms in total. The molecule has 106 valence electrons. The Labute approximate surface area is 114 Å². The molecule has 0 amide bonds. The van der Waals surface area contributed by atoms with E-state index in [0.29, 0.717) is 23.9 Å². The Bertz CT molecular complexity index is 537. The molecular formula is C13H20N2O3S. The van der Waals surface area contributed by atoms with Crippen molar-refractivity contribution in [3.63, 3.8) is 0 Å². The standard InChI is InChI=1S/C13H20N2O3S/c1-18-13-8-11(6-7-12(13)14)19(16,17)15-9-10-4-2-3-5-10/h6-8,10,15H,2-5,9,14H2,1H3. The van der Waals surface area contributed by atoms with Gasteiger partial charge in [-0.15, -0.1) is 0 Å². The molecule has 19 heavy (non-hydrogen) atoms. The van der Waals surface area contributed by atoms with Crippen LogP contribution in [0.1, 0.15) is 25.7 Å². The van der Waals surface area contributed by atoms with Crippen molar-refractivity contribution in [3.05, 3.63) is 18.2 Å². The minimum Gasteiger partial charge on any atom is -0.495 e. The van der Waals surface area contributed by atoms with Gasteiger partial charge in [-0.2, -0.15) is 0 Å².